The van der Waals surface area contributed by atoms with E-state index in [1.54, 1.807) is 11.3 Å². The first-order valence-electron chi connectivity index (χ1n) is 11.2. The van der Waals surface area contributed by atoms with Gasteiger partial charge < -0.3 is 10.0 Å². The number of halogens is 1. The van der Waals surface area contributed by atoms with E-state index in [0.717, 1.165) is 58.3 Å². The van der Waals surface area contributed by atoms with Crippen molar-refractivity contribution in [3.8, 4) is 0 Å². The quantitative estimate of drug-likeness (QED) is 0.630. The van der Waals surface area contributed by atoms with Crippen LogP contribution >= 0.6 is 22.9 Å². The molecule has 168 valence electrons. The van der Waals surface area contributed by atoms with Crippen molar-refractivity contribution < 1.29 is 9.90 Å². The summed E-state index contributed by atoms with van der Waals surface area (Å²) in [5.41, 5.74) is 2.31. The number of aliphatic hydroxyl groups excluding tert-OH is 1. The highest BCUT2D eigenvalue weighted by Gasteiger charge is 2.39. The van der Waals surface area contributed by atoms with Gasteiger partial charge in [-0.2, -0.15) is 0 Å². The summed E-state index contributed by atoms with van der Waals surface area (Å²) in [6, 6.07) is 16.2. The fourth-order valence-corrected chi connectivity index (χ4v) is 6.22. The molecule has 1 amide bonds. The number of amides is 1. The van der Waals surface area contributed by atoms with Gasteiger partial charge in [0.25, 0.3) is 5.91 Å². The molecule has 2 aliphatic rings. The number of fused-ring (bicyclic) bond motifs is 1. The number of likely N-dealkylation sites (tertiary alicyclic amines) is 1. The summed E-state index contributed by atoms with van der Waals surface area (Å²) in [4.78, 5) is 20.7. The molecule has 7 heteroatoms. The third kappa shape index (κ3) is 4.30. The van der Waals surface area contributed by atoms with Crippen molar-refractivity contribution in [2.75, 3.05) is 39.3 Å². The van der Waals surface area contributed by atoms with E-state index in [-0.39, 0.29) is 11.9 Å². The molecule has 2 atom stereocenters. The molecule has 2 aliphatic heterocycles. The van der Waals surface area contributed by atoms with E-state index in [4.69, 9.17) is 11.6 Å². The van der Waals surface area contributed by atoms with Crippen molar-refractivity contribution >= 4 is 38.9 Å². The number of carbonyl (C=O) groups excluding carboxylic acids is 1. The number of piperazine rings is 1. The van der Waals surface area contributed by atoms with Gasteiger partial charge in [-0.3, -0.25) is 14.6 Å². The summed E-state index contributed by atoms with van der Waals surface area (Å²) < 4.78 is 1.14. The highest BCUT2D eigenvalue weighted by atomic mass is 35.5. The number of aliphatic hydroxyl groups is 1. The molecule has 2 saturated heterocycles. The zero-order valence-corrected chi connectivity index (χ0v) is 19.8. The highest BCUT2D eigenvalue weighted by Crippen LogP contribution is 2.32. The molecule has 0 bridgehead atoms. The molecule has 5 rings (SSSR count). The van der Waals surface area contributed by atoms with E-state index in [9.17, 15) is 9.90 Å². The van der Waals surface area contributed by atoms with Gasteiger partial charge >= 0.3 is 0 Å². The maximum Gasteiger partial charge on any atom is 0.264 e. The van der Waals surface area contributed by atoms with Crippen molar-refractivity contribution in [2.24, 2.45) is 0 Å². The highest BCUT2D eigenvalue weighted by molar-refractivity contribution is 7.21. The van der Waals surface area contributed by atoms with Crippen LogP contribution in [0.3, 0.4) is 0 Å². The lowest BCUT2D eigenvalue weighted by Gasteiger charge is -2.38. The fourth-order valence-electron chi connectivity index (χ4n) is 4.92. The number of nitrogens with zero attached hydrogens (tertiary/aromatic N) is 3. The standard InChI is InChI=1S/C25H28ClN3O2S/c1-17-20-4-2-3-5-23(20)32-24(17)25(31)29-15-21(22(30)16-29)28-12-10-27(11-13-28)14-18-6-8-19(26)9-7-18/h2-9,21-22,30H,10-16H2,1H3/t21-,22-/m0/s1. The molecule has 0 saturated carbocycles. The Morgan fingerprint density at radius 1 is 1.06 bits per heavy atom. The number of benzene rings is 2. The van der Waals surface area contributed by atoms with Crippen LogP contribution in [0, 0.1) is 6.92 Å². The minimum absolute atomic E-state index is 0.00585. The van der Waals surface area contributed by atoms with Crippen LogP contribution in [0.5, 0.6) is 0 Å². The van der Waals surface area contributed by atoms with Gasteiger partial charge in [0, 0.05) is 55.5 Å². The van der Waals surface area contributed by atoms with Crippen molar-refractivity contribution in [3.05, 3.63) is 69.6 Å². The van der Waals surface area contributed by atoms with Crippen molar-refractivity contribution in [1.29, 1.82) is 0 Å². The van der Waals surface area contributed by atoms with E-state index in [2.05, 4.69) is 34.1 Å². The molecule has 0 radical (unpaired) electrons. The van der Waals surface area contributed by atoms with E-state index in [0.29, 0.717) is 13.1 Å². The molecule has 3 aromatic rings. The minimum Gasteiger partial charge on any atom is -0.390 e. The SMILES string of the molecule is Cc1c(C(=O)N2C[C@H](O)[C@@H](N3CCN(Cc4ccc(Cl)cc4)CC3)C2)sc2ccccc12. The normalized spacial score (nSPS) is 22.7. The Morgan fingerprint density at radius 2 is 1.78 bits per heavy atom. The molecular formula is C25H28ClN3O2S. The van der Waals surface area contributed by atoms with Gasteiger partial charge in [0.2, 0.25) is 0 Å². The van der Waals surface area contributed by atoms with Gasteiger partial charge in [0.1, 0.15) is 0 Å². The summed E-state index contributed by atoms with van der Waals surface area (Å²) in [7, 11) is 0. The lowest BCUT2D eigenvalue weighted by atomic mass is 10.1. The van der Waals surface area contributed by atoms with Crippen molar-refractivity contribution in [2.45, 2.75) is 25.6 Å². The van der Waals surface area contributed by atoms with Gasteiger partial charge in [-0.05, 0) is 41.6 Å². The number of thiophene rings is 1. The molecule has 3 heterocycles. The van der Waals surface area contributed by atoms with Gasteiger partial charge in [-0.15, -0.1) is 11.3 Å². The molecule has 1 aromatic heterocycles. The van der Waals surface area contributed by atoms with E-state index in [1.807, 2.05) is 36.1 Å². The largest absolute Gasteiger partial charge is 0.390 e. The van der Waals surface area contributed by atoms with Crippen LogP contribution in [0.25, 0.3) is 10.1 Å². The average molecular weight is 470 g/mol. The molecule has 0 aliphatic carbocycles. The van der Waals surface area contributed by atoms with Gasteiger partial charge in [0.05, 0.1) is 17.0 Å². The third-order valence-electron chi connectivity index (χ3n) is 6.78. The Labute approximate surface area is 197 Å². The molecule has 32 heavy (non-hydrogen) atoms. The van der Waals surface area contributed by atoms with Crippen LogP contribution < -0.4 is 0 Å². The molecule has 1 N–H and O–H groups in total. The van der Waals surface area contributed by atoms with Gasteiger partial charge in [0.15, 0.2) is 0 Å². The Kier molecular flexibility index (Phi) is 6.23. The van der Waals surface area contributed by atoms with Crippen molar-refractivity contribution in [3.63, 3.8) is 0 Å². The number of carbonyl (C=O) groups is 1. The number of hydrogen-bond donors (Lipinski definition) is 1. The lowest BCUT2D eigenvalue weighted by molar-refractivity contribution is 0.0423. The zero-order valence-electron chi connectivity index (χ0n) is 18.2. The molecule has 2 aromatic carbocycles. The second-order valence-corrected chi connectivity index (χ2v) is 10.3. The predicted molar refractivity (Wildman–Crippen MR) is 131 cm³/mol. The maximum atomic E-state index is 13.3. The van der Waals surface area contributed by atoms with Crippen LogP contribution in [0.1, 0.15) is 20.8 Å². The third-order valence-corrected chi connectivity index (χ3v) is 8.29. The zero-order chi connectivity index (χ0) is 22.2. The summed E-state index contributed by atoms with van der Waals surface area (Å²) in [6.45, 7) is 7.64. The average Bonchev–Trinajstić information content (AvgIpc) is 3.36. The molecule has 2 fully saturated rings. The number of rotatable bonds is 4. The van der Waals surface area contributed by atoms with Crippen LogP contribution in [0.4, 0.5) is 0 Å². The van der Waals surface area contributed by atoms with Crippen molar-refractivity contribution in [1.82, 2.24) is 14.7 Å². The summed E-state index contributed by atoms with van der Waals surface area (Å²) in [5.74, 6) is 0.0478. The topological polar surface area (TPSA) is 47.0 Å². The second kappa shape index (κ2) is 9.12. The Bertz CT molecular complexity index is 1110. The molecule has 5 nitrogen and oxygen atoms in total. The van der Waals surface area contributed by atoms with E-state index >= 15 is 0 Å². The summed E-state index contributed by atoms with van der Waals surface area (Å²) in [5, 5.41) is 12.7. The lowest BCUT2D eigenvalue weighted by Crippen LogP contribution is -2.53. The van der Waals surface area contributed by atoms with Crippen LogP contribution in [-0.2, 0) is 6.54 Å². The number of β-amino-alcohol motifs (C(OH)–C–C–N with tert-alkyl or cyclic N) is 1. The van der Waals surface area contributed by atoms with E-state index < -0.39 is 6.10 Å². The Morgan fingerprint density at radius 3 is 2.50 bits per heavy atom. The summed E-state index contributed by atoms with van der Waals surface area (Å²) >= 11 is 7.55. The van der Waals surface area contributed by atoms with Crippen LogP contribution in [-0.4, -0.2) is 77.1 Å². The maximum absolute atomic E-state index is 13.3. The van der Waals surface area contributed by atoms with Crippen LogP contribution in [0.2, 0.25) is 5.02 Å². The number of aryl methyl sites for hydroxylation is 1. The fraction of sp³-hybridized carbons (Fsp3) is 0.400. The molecule has 0 unspecified atom stereocenters. The van der Waals surface area contributed by atoms with E-state index in [1.165, 1.54) is 5.56 Å². The monoisotopic (exact) mass is 469 g/mol. The first-order chi connectivity index (χ1) is 15.5. The number of hydrogen-bond acceptors (Lipinski definition) is 5. The Hall–Kier alpha value is -1.96. The first-order valence-corrected chi connectivity index (χ1v) is 12.4. The van der Waals surface area contributed by atoms with Gasteiger partial charge in [-0.1, -0.05) is 41.9 Å². The second-order valence-electron chi connectivity index (χ2n) is 8.84. The predicted octanol–water partition coefficient (Wildman–Crippen LogP) is 3.87. The molecular weight excluding hydrogens is 442 g/mol. The van der Waals surface area contributed by atoms with Gasteiger partial charge in [-0.25, -0.2) is 0 Å². The first kappa shape index (κ1) is 21.9. The summed E-state index contributed by atoms with van der Waals surface area (Å²) in [6.07, 6.45) is -0.503. The smallest absolute Gasteiger partial charge is 0.264 e. The van der Waals surface area contributed by atoms with Crippen LogP contribution in [0.15, 0.2) is 48.5 Å². The Balaban J connectivity index is 1.20. The molecule has 0 spiro atoms. The minimum atomic E-state index is -0.503.